The maximum Gasteiger partial charge on any atom is -0.423 e. The first-order chi connectivity index (χ1) is 29.6. The molecule has 1 saturated carbocycles. The number of para-hydroxylation sites is 2. The Morgan fingerprint density at radius 1 is 0.467 bits per heavy atom. The number of phenols is 2. The first kappa shape index (κ1) is 41.9. The second-order valence-corrected chi connectivity index (χ2v) is 14.6. The molecule has 0 aliphatic heterocycles. The van der Waals surface area contributed by atoms with Gasteiger partial charge in [0.05, 0.1) is 12.1 Å². The van der Waals surface area contributed by atoms with Crippen LogP contribution in [-0.2, 0) is 17.3 Å². The van der Waals surface area contributed by atoms with Crippen LogP contribution in [0.3, 0.4) is 0 Å². The standard InChI is InChI=1S/C52H42N2O2.ClH.NO.Ru/c55-51-39(21-13-25-45(51)49-41-23-9-7-19-37(41)29-31-43(49)35-15-3-1-4-16-35)33-53-47-27-11-12-28-48(47)54-34-40-22-14-26-46(52(40)56)50-42-24-10-8-20-38(42)30-32-44(50)36-17-5-2-6-18-36;;1-2;/h1-10,13-26,29-34,47-48,55-56H,11-12,27-28H2;1H;;/q;;-1;+2/p-1/t47-,48?;;;/m1.../s1. The van der Waals surface area contributed by atoms with E-state index in [1.165, 1.54) is 0 Å². The van der Waals surface area contributed by atoms with Gasteiger partial charge in [0.2, 0.25) is 0 Å². The van der Waals surface area contributed by atoms with Crippen LogP contribution in [0.25, 0.3) is 71.6 Å². The van der Waals surface area contributed by atoms with Crippen LogP contribution in [-0.4, -0.2) is 34.7 Å². The second kappa shape index (κ2) is 20.1. The molecule has 6 nitrogen and oxygen atoms in total. The van der Waals surface area contributed by atoms with Gasteiger partial charge in [0.25, 0.3) is 0 Å². The van der Waals surface area contributed by atoms with Crippen LogP contribution in [0, 0.1) is 4.91 Å². The van der Waals surface area contributed by atoms with Crippen LogP contribution in [0.5, 0.6) is 11.5 Å². The molecule has 8 heteroatoms. The minimum atomic E-state index is -0.0476. The quantitative estimate of drug-likeness (QED) is 0.117. The SMILES string of the molecule is Oc1c(C=NC2CCCC[C@H]2N=Cc2cccc(-c3c(-c4ccccc4)ccc4ccccc34)c2O)cccc1-c1c(-c2ccccc2)ccc2ccccc12.[Cl][Ru+].[N-]=O. The van der Waals surface area contributed by atoms with Crippen molar-refractivity contribution >= 4 is 43.7 Å². The molecule has 0 spiro atoms. The summed E-state index contributed by atoms with van der Waals surface area (Å²) >= 11 is 1.82. The van der Waals surface area contributed by atoms with Crippen LogP contribution in [0.4, 0.5) is 0 Å². The fraction of sp³-hybridized carbons (Fsp3) is 0.115. The van der Waals surface area contributed by atoms with Crippen LogP contribution in [0.15, 0.2) is 180 Å². The van der Waals surface area contributed by atoms with Gasteiger partial charge in [-0.2, -0.15) is 0 Å². The molecule has 1 aliphatic carbocycles. The molecular weight excluding hydrogens is 851 g/mol. The van der Waals surface area contributed by atoms with E-state index in [1.807, 2.05) is 127 Å². The first-order valence-electron chi connectivity index (χ1n) is 19.8. The van der Waals surface area contributed by atoms with Gasteiger partial charge < -0.3 is 20.7 Å². The van der Waals surface area contributed by atoms with Gasteiger partial charge in [-0.1, -0.05) is 171 Å². The van der Waals surface area contributed by atoms with Gasteiger partial charge in [-0.15, -0.1) is 0 Å². The fourth-order valence-corrected chi connectivity index (χ4v) is 8.37. The van der Waals surface area contributed by atoms with E-state index in [1.54, 1.807) is 0 Å². The van der Waals surface area contributed by atoms with E-state index in [0.717, 1.165) is 91.7 Å². The molecule has 2 atom stereocenters. The Morgan fingerprint density at radius 3 is 1.27 bits per heavy atom. The molecule has 1 unspecified atom stereocenters. The van der Waals surface area contributed by atoms with E-state index >= 15 is 0 Å². The molecule has 0 amide bonds. The number of rotatable bonds is 8. The summed E-state index contributed by atoms with van der Waals surface area (Å²) in [6.07, 6.45) is 7.61. The largest absolute Gasteiger partial charge is 0.577 e. The predicted octanol–water partition coefficient (Wildman–Crippen LogP) is 13.9. The summed E-state index contributed by atoms with van der Waals surface area (Å²) in [4.78, 5) is 17.4. The summed E-state index contributed by atoms with van der Waals surface area (Å²) < 4.78 is 0. The van der Waals surface area contributed by atoms with Gasteiger partial charge in [0, 0.05) is 45.8 Å². The monoisotopic (exact) mass is 893 g/mol. The zero-order valence-electron chi connectivity index (χ0n) is 32.7. The molecular formula is C52H42ClN3O3Ru. The van der Waals surface area contributed by atoms with Gasteiger partial charge in [0.15, 0.2) is 0 Å². The van der Waals surface area contributed by atoms with Crippen molar-refractivity contribution in [2.45, 2.75) is 37.8 Å². The summed E-state index contributed by atoms with van der Waals surface area (Å²) in [7, 11) is 4.57. The number of nitroso groups, excluding NO2 is 1. The van der Waals surface area contributed by atoms with Crippen molar-refractivity contribution in [2.24, 2.45) is 9.98 Å². The Balaban J connectivity index is 0.00000132. The number of fused-ring (bicyclic) bond motifs is 2. The smallest absolute Gasteiger partial charge is 0.423 e. The van der Waals surface area contributed by atoms with Crippen molar-refractivity contribution in [3.63, 3.8) is 0 Å². The summed E-state index contributed by atoms with van der Waals surface area (Å²) in [5, 5.41) is 28.2. The van der Waals surface area contributed by atoms with Crippen LogP contribution >= 0.6 is 9.69 Å². The number of aliphatic imine (C=N–C) groups is 2. The normalized spacial score (nSPS) is 15.0. The van der Waals surface area contributed by atoms with Gasteiger partial charge in [-0.3, -0.25) is 9.98 Å². The molecule has 8 aromatic carbocycles. The van der Waals surface area contributed by atoms with Gasteiger partial charge >= 0.3 is 27.0 Å². The number of phenolic OH excluding ortho intramolecular Hbond substituents is 2. The molecule has 8 aromatic rings. The minimum absolute atomic E-state index is 0.0476. The van der Waals surface area contributed by atoms with Crippen LogP contribution in [0.1, 0.15) is 36.8 Å². The molecule has 298 valence electrons. The molecule has 0 radical (unpaired) electrons. The summed E-state index contributed by atoms with van der Waals surface area (Å²) in [6, 6.07) is 57.7. The van der Waals surface area contributed by atoms with E-state index in [0.29, 0.717) is 11.1 Å². The fourth-order valence-electron chi connectivity index (χ4n) is 8.37. The molecule has 60 heavy (non-hydrogen) atoms. The molecule has 0 aromatic heterocycles. The maximum absolute atomic E-state index is 11.9. The van der Waals surface area contributed by atoms with E-state index < -0.39 is 0 Å². The Labute approximate surface area is 364 Å². The third kappa shape index (κ3) is 8.84. The van der Waals surface area contributed by atoms with Crippen LogP contribution in [0.2, 0.25) is 0 Å². The van der Waals surface area contributed by atoms with Crippen LogP contribution < -0.4 is 0 Å². The Kier molecular flexibility index (Phi) is 14.0. The van der Waals surface area contributed by atoms with E-state index in [-0.39, 0.29) is 23.6 Å². The molecule has 0 saturated heterocycles. The Bertz CT molecular complexity index is 2590. The van der Waals surface area contributed by atoms with Gasteiger partial charge in [-0.25, -0.2) is 0 Å². The van der Waals surface area contributed by atoms with Crippen molar-refractivity contribution in [3.05, 3.63) is 191 Å². The average molecular weight is 893 g/mol. The molecule has 1 fully saturated rings. The van der Waals surface area contributed by atoms with Crippen molar-refractivity contribution in [1.82, 2.24) is 0 Å². The van der Waals surface area contributed by atoms with E-state index in [9.17, 15) is 10.2 Å². The number of hydrogen-bond donors (Lipinski definition) is 2. The Morgan fingerprint density at radius 2 is 0.850 bits per heavy atom. The number of benzene rings is 8. The summed E-state index contributed by atoms with van der Waals surface area (Å²) in [5.41, 5.74) is 15.0. The zero-order chi connectivity index (χ0) is 41.8. The van der Waals surface area contributed by atoms with Crippen molar-refractivity contribution in [3.8, 4) is 56.0 Å². The van der Waals surface area contributed by atoms with Gasteiger partial charge in [0.1, 0.15) is 11.5 Å². The third-order valence-electron chi connectivity index (χ3n) is 11.2. The summed E-state index contributed by atoms with van der Waals surface area (Å²) in [5.74, 6) is 0.427. The molecule has 0 bridgehead atoms. The topological polar surface area (TPSA) is 105 Å². The number of nitrogens with zero attached hydrogens (tertiary/aromatic N) is 3. The molecule has 9 rings (SSSR count). The van der Waals surface area contributed by atoms with E-state index in [2.05, 4.69) is 82.5 Å². The van der Waals surface area contributed by atoms with E-state index in [4.69, 9.17) is 20.5 Å². The Hall–Kier alpha value is -6.27. The molecule has 0 heterocycles. The third-order valence-corrected chi connectivity index (χ3v) is 11.2. The minimum Gasteiger partial charge on any atom is -0.577 e. The van der Waals surface area contributed by atoms with Crippen molar-refractivity contribution in [2.75, 3.05) is 0 Å². The number of halogens is 1. The maximum atomic E-state index is 11.9. The van der Waals surface area contributed by atoms with Crippen molar-refractivity contribution in [1.29, 1.82) is 0 Å². The van der Waals surface area contributed by atoms with Crippen molar-refractivity contribution < 1.29 is 27.5 Å². The second-order valence-electron chi connectivity index (χ2n) is 14.6. The average Bonchev–Trinajstić information content (AvgIpc) is 3.32. The summed E-state index contributed by atoms with van der Waals surface area (Å²) in [6.45, 7) is 0. The first-order valence-corrected chi connectivity index (χ1v) is 22.0. The molecule has 1 aliphatic rings. The predicted molar refractivity (Wildman–Crippen MR) is 247 cm³/mol. The number of aromatic hydroxyl groups is 2. The van der Waals surface area contributed by atoms with Gasteiger partial charge in [-0.05, 0) is 68.8 Å². The molecule has 2 N–H and O–H groups in total. The zero-order valence-corrected chi connectivity index (χ0v) is 35.2. The number of hydrogen-bond acceptors (Lipinski definition) is 5.